The average molecular weight is 363 g/mol. The number of sulfonamides is 1. The largest absolute Gasteiger partial charge is 0.325 e. The molecule has 0 spiro atoms. The van der Waals surface area contributed by atoms with Crippen LogP contribution < -0.4 is 5.32 Å². The normalized spacial score (nSPS) is 11.1. The van der Waals surface area contributed by atoms with E-state index in [1.165, 1.54) is 31.3 Å². The molecular weight excluding hydrogens is 348 g/mol. The molecule has 5 nitrogen and oxygen atoms in total. The zero-order valence-electron chi connectivity index (χ0n) is 12.9. The molecule has 0 bridgehead atoms. The van der Waals surface area contributed by atoms with Gasteiger partial charge in [0.25, 0.3) is 0 Å². The highest BCUT2D eigenvalue weighted by Gasteiger charge is 2.22. The van der Waals surface area contributed by atoms with Crippen LogP contribution in [0, 0.1) is 12.3 Å². The van der Waals surface area contributed by atoms with Crippen molar-refractivity contribution in [3.63, 3.8) is 0 Å². The standard InChI is InChI=1S/C17H15ClN2O3S/c1-3-13-5-4-6-15(11-13)19-17(21)12-20(2)24(22,23)16-9-7-14(18)8-10-16/h1,4-11H,12H2,2H3,(H,19,21). The molecule has 0 aliphatic rings. The first kappa shape index (κ1) is 18.0. The number of carbonyl (C=O) groups excluding carboxylic acids is 1. The van der Waals surface area contributed by atoms with E-state index in [0.717, 1.165) is 4.31 Å². The maximum atomic E-state index is 12.4. The summed E-state index contributed by atoms with van der Waals surface area (Å²) >= 11 is 5.75. The van der Waals surface area contributed by atoms with Crippen LogP contribution in [0.5, 0.6) is 0 Å². The van der Waals surface area contributed by atoms with Crippen molar-refractivity contribution >= 4 is 33.2 Å². The average Bonchev–Trinajstić information content (AvgIpc) is 2.55. The van der Waals surface area contributed by atoms with Crippen molar-refractivity contribution < 1.29 is 13.2 Å². The van der Waals surface area contributed by atoms with E-state index < -0.39 is 15.9 Å². The Morgan fingerprint density at radius 3 is 2.54 bits per heavy atom. The molecule has 0 atom stereocenters. The van der Waals surface area contributed by atoms with Crippen LogP contribution in [-0.4, -0.2) is 32.2 Å². The first-order valence-electron chi connectivity index (χ1n) is 6.91. The van der Waals surface area contributed by atoms with E-state index >= 15 is 0 Å². The van der Waals surface area contributed by atoms with E-state index in [0.29, 0.717) is 16.3 Å². The summed E-state index contributed by atoms with van der Waals surface area (Å²) in [5.41, 5.74) is 1.13. The molecule has 2 rings (SSSR count). The second kappa shape index (κ2) is 7.49. The predicted molar refractivity (Wildman–Crippen MR) is 94.3 cm³/mol. The number of benzene rings is 2. The van der Waals surface area contributed by atoms with Gasteiger partial charge in [-0.15, -0.1) is 6.42 Å². The Labute approximate surface area is 146 Å². The number of hydrogen-bond acceptors (Lipinski definition) is 3. The first-order chi connectivity index (χ1) is 11.3. The Kier molecular flexibility index (Phi) is 5.62. The zero-order valence-corrected chi connectivity index (χ0v) is 14.4. The van der Waals surface area contributed by atoms with Crippen molar-refractivity contribution in [1.82, 2.24) is 4.31 Å². The fourth-order valence-corrected chi connectivity index (χ4v) is 3.21. The topological polar surface area (TPSA) is 66.5 Å². The van der Waals surface area contributed by atoms with Crippen molar-refractivity contribution in [3.05, 3.63) is 59.1 Å². The van der Waals surface area contributed by atoms with Gasteiger partial charge in [0.15, 0.2) is 0 Å². The molecule has 0 aliphatic carbocycles. The van der Waals surface area contributed by atoms with Gasteiger partial charge in [-0.1, -0.05) is 23.6 Å². The van der Waals surface area contributed by atoms with Crippen LogP contribution in [0.4, 0.5) is 5.69 Å². The molecule has 0 heterocycles. The minimum atomic E-state index is -3.77. The molecule has 2 aromatic carbocycles. The lowest BCUT2D eigenvalue weighted by molar-refractivity contribution is -0.116. The number of hydrogen-bond donors (Lipinski definition) is 1. The molecule has 0 radical (unpaired) electrons. The highest BCUT2D eigenvalue weighted by Crippen LogP contribution is 2.17. The van der Waals surface area contributed by atoms with Crippen LogP contribution in [0.15, 0.2) is 53.4 Å². The maximum absolute atomic E-state index is 12.4. The number of rotatable bonds is 5. The van der Waals surface area contributed by atoms with E-state index in [-0.39, 0.29) is 11.4 Å². The number of nitrogens with one attached hydrogen (secondary N) is 1. The smallest absolute Gasteiger partial charge is 0.243 e. The highest BCUT2D eigenvalue weighted by atomic mass is 35.5. The summed E-state index contributed by atoms with van der Waals surface area (Å²) in [7, 11) is -2.44. The van der Waals surface area contributed by atoms with E-state index in [2.05, 4.69) is 11.2 Å². The third-order valence-electron chi connectivity index (χ3n) is 3.20. The summed E-state index contributed by atoms with van der Waals surface area (Å²) < 4.78 is 25.8. The minimum absolute atomic E-state index is 0.0662. The summed E-state index contributed by atoms with van der Waals surface area (Å²) in [5, 5.41) is 3.05. The molecule has 7 heteroatoms. The van der Waals surface area contributed by atoms with Crippen molar-refractivity contribution in [1.29, 1.82) is 0 Å². The molecule has 0 fully saturated rings. The van der Waals surface area contributed by atoms with E-state index in [1.807, 2.05) is 0 Å². The lowest BCUT2D eigenvalue weighted by Gasteiger charge is -2.17. The van der Waals surface area contributed by atoms with Gasteiger partial charge >= 0.3 is 0 Å². The van der Waals surface area contributed by atoms with Gasteiger partial charge in [-0.05, 0) is 42.5 Å². The zero-order chi connectivity index (χ0) is 17.7. The van der Waals surface area contributed by atoms with Crippen LogP contribution in [0.1, 0.15) is 5.56 Å². The molecule has 24 heavy (non-hydrogen) atoms. The predicted octanol–water partition coefficient (Wildman–Crippen LogP) is 2.58. The van der Waals surface area contributed by atoms with E-state index in [9.17, 15) is 13.2 Å². The van der Waals surface area contributed by atoms with Gasteiger partial charge in [0.2, 0.25) is 15.9 Å². The number of likely N-dealkylation sites (N-methyl/N-ethyl adjacent to an activating group) is 1. The quantitative estimate of drug-likeness (QED) is 0.831. The highest BCUT2D eigenvalue weighted by molar-refractivity contribution is 7.89. The van der Waals surface area contributed by atoms with Gasteiger partial charge < -0.3 is 5.32 Å². The summed E-state index contributed by atoms with van der Waals surface area (Å²) in [6.45, 7) is -0.328. The number of amides is 1. The third kappa shape index (κ3) is 4.36. The minimum Gasteiger partial charge on any atom is -0.325 e. The number of nitrogens with zero attached hydrogens (tertiary/aromatic N) is 1. The maximum Gasteiger partial charge on any atom is 0.243 e. The number of anilines is 1. The van der Waals surface area contributed by atoms with Crippen molar-refractivity contribution in [3.8, 4) is 12.3 Å². The number of terminal acetylenes is 1. The summed E-state index contributed by atoms with van der Waals surface area (Å²) in [5.74, 6) is 1.99. The Balaban J connectivity index is 2.07. The van der Waals surface area contributed by atoms with Crippen molar-refractivity contribution in [2.45, 2.75) is 4.90 Å². The Bertz CT molecular complexity index is 887. The molecule has 1 N–H and O–H groups in total. The SMILES string of the molecule is C#Cc1cccc(NC(=O)CN(C)S(=O)(=O)c2ccc(Cl)cc2)c1. The van der Waals surface area contributed by atoms with Crippen LogP contribution in [-0.2, 0) is 14.8 Å². The van der Waals surface area contributed by atoms with Crippen molar-refractivity contribution in [2.24, 2.45) is 0 Å². The van der Waals surface area contributed by atoms with Gasteiger partial charge in [0, 0.05) is 23.3 Å². The Morgan fingerprint density at radius 2 is 1.92 bits per heavy atom. The van der Waals surface area contributed by atoms with E-state index in [4.69, 9.17) is 18.0 Å². The molecule has 0 saturated heterocycles. The second-order valence-electron chi connectivity index (χ2n) is 4.99. The third-order valence-corrected chi connectivity index (χ3v) is 5.27. The lowest BCUT2D eigenvalue weighted by Crippen LogP contribution is -2.34. The van der Waals surface area contributed by atoms with Crippen LogP contribution in [0.2, 0.25) is 5.02 Å². The van der Waals surface area contributed by atoms with Crippen LogP contribution in [0.3, 0.4) is 0 Å². The number of carbonyl (C=O) groups is 1. The molecular formula is C17H15ClN2O3S. The monoisotopic (exact) mass is 362 g/mol. The molecule has 0 unspecified atom stereocenters. The van der Waals surface area contributed by atoms with Gasteiger partial charge in [-0.25, -0.2) is 8.42 Å². The fraction of sp³-hybridized carbons (Fsp3) is 0.118. The Hall–Kier alpha value is -2.33. The Morgan fingerprint density at radius 1 is 1.25 bits per heavy atom. The number of halogens is 1. The molecule has 0 aromatic heterocycles. The summed E-state index contributed by atoms with van der Waals surface area (Å²) in [6.07, 6.45) is 5.30. The summed E-state index contributed by atoms with van der Waals surface area (Å²) in [6, 6.07) is 12.5. The molecule has 0 aliphatic heterocycles. The van der Waals surface area contributed by atoms with Gasteiger partial charge in [0.1, 0.15) is 0 Å². The second-order valence-corrected chi connectivity index (χ2v) is 7.47. The van der Waals surface area contributed by atoms with Gasteiger partial charge in [-0.2, -0.15) is 4.31 Å². The van der Waals surface area contributed by atoms with Crippen LogP contribution >= 0.6 is 11.6 Å². The van der Waals surface area contributed by atoms with E-state index in [1.54, 1.807) is 24.3 Å². The van der Waals surface area contributed by atoms with Gasteiger partial charge in [-0.3, -0.25) is 4.79 Å². The fourth-order valence-electron chi connectivity index (χ4n) is 1.96. The van der Waals surface area contributed by atoms with Crippen LogP contribution in [0.25, 0.3) is 0 Å². The molecule has 124 valence electrons. The molecule has 2 aromatic rings. The molecule has 0 saturated carbocycles. The van der Waals surface area contributed by atoms with Gasteiger partial charge in [0.05, 0.1) is 11.4 Å². The molecule has 1 amide bonds. The summed E-state index contributed by atoms with van der Waals surface area (Å²) in [4.78, 5) is 12.1. The lowest BCUT2D eigenvalue weighted by atomic mass is 10.2. The van der Waals surface area contributed by atoms with Crippen molar-refractivity contribution in [2.75, 3.05) is 18.9 Å². The first-order valence-corrected chi connectivity index (χ1v) is 8.73.